The molecule has 5 atom stereocenters. The number of carbonyl (C=O) groups excluding carboxylic acids is 4. The van der Waals surface area contributed by atoms with E-state index in [0.717, 1.165) is 5.56 Å². The molecule has 10 heteroatoms. The summed E-state index contributed by atoms with van der Waals surface area (Å²) in [6.07, 6.45) is -5.61. The van der Waals surface area contributed by atoms with E-state index in [1.807, 2.05) is 13.0 Å². The lowest BCUT2D eigenvalue weighted by atomic mass is 9.89. The highest BCUT2D eigenvalue weighted by Crippen LogP contribution is 2.41. The maximum atomic E-state index is 11.9. The number of methoxy groups -OCH3 is 1. The molecule has 0 bridgehead atoms. The summed E-state index contributed by atoms with van der Waals surface area (Å²) in [6, 6.07) is 5.33. The lowest BCUT2D eigenvalue weighted by Gasteiger charge is -2.44. The molecule has 0 aliphatic carbocycles. The molecule has 0 spiro atoms. The first-order chi connectivity index (χ1) is 15.0. The van der Waals surface area contributed by atoms with Gasteiger partial charge in [-0.3, -0.25) is 19.2 Å². The summed E-state index contributed by atoms with van der Waals surface area (Å²) in [5.41, 5.74) is 1.39. The molecule has 32 heavy (non-hydrogen) atoms. The van der Waals surface area contributed by atoms with Gasteiger partial charge in [0.25, 0.3) is 0 Å². The summed E-state index contributed by atoms with van der Waals surface area (Å²) in [4.78, 5) is 47.1. The Morgan fingerprint density at radius 2 is 1.41 bits per heavy atom. The smallest absolute Gasteiger partial charge is 0.303 e. The van der Waals surface area contributed by atoms with E-state index < -0.39 is 54.4 Å². The maximum Gasteiger partial charge on any atom is 0.303 e. The zero-order valence-corrected chi connectivity index (χ0v) is 18.9. The second-order valence-electron chi connectivity index (χ2n) is 7.37. The van der Waals surface area contributed by atoms with E-state index in [9.17, 15) is 19.2 Å². The SMILES string of the molecule is COc1ccc(C)cc1[C@@H]1O[C@H](COC(C)=O)[C@H](OC(C)=O)[C@H](OC(C)=O)[C@H]1OC(C)=O. The van der Waals surface area contributed by atoms with Crippen molar-refractivity contribution in [2.75, 3.05) is 13.7 Å². The normalized spacial score (nSPS) is 24.8. The topological polar surface area (TPSA) is 124 Å². The second kappa shape index (κ2) is 10.9. The Morgan fingerprint density at radius 1 is 0.844 bits per heavy atom. The molecule has 0 amide bonds. The van der Waals surface area contributed by atoms with E-state index in [4.69, 9.17) is 28.4 Å². The van der Waals surface area contributed by atoms with E-state index in [1.54, 1.807) is 12.1 Å². The third-order valence-corrected chi connectivity index (χ3v) is 4.68. The molecule has 1 aliphatic heterocycles. The molecule has 176 valence electrons. The van der Waals surface area contributed by atoms with Crippen molar-refractivity contribution < 1.29 is 47.6 Å². The molecular formula is C22H28O10. The first-order valence-electron chi connectivity index (χ1n) is 9.98. The lowest BCUT2D eigenvalue weighted by molar-refractivity contribution is -0.254. The molecule has 0 N–H and O–H groups in total. The minimum atomic E-state index is -1.23. The lowest BCUT2D eigenvalue weighted by Crippen LogP contribution is -2.59. The van der Waals surface area contributed by atoms with Crippen molar-refractivity contribution in [1.29, 1.82) is 0 Å². The fourth-order valence-electron chi connectivity index (χ4n) is 3.55. The predicted molar refractivity (Wildman–Crippen MR) is 109 cm³/mol. The van der Waals surface area contributed by atoms with Crippen LogP contribution >= 0.6 is 0 Å². The predicted octanol–water partition coefficient (Wildman–Crippen LogP) is 1.80. The van der Waals surface area contributed by atoms with Crippen LogP contribution in [-0.4, -0.2) is 62.0 Å². The number of hydrogen-bond acceptors (Lipinski definition) is 10. The van der Waals surface area contributed by atoms with Crippen LogP contribution in [0, 0.1) is 6.92 Å². The maximum absolute atomic E-state index is 11.9. The third-order valence-electron chi connectivity index (χ3n) is 4.68. The van der Waals surface area contributed by atoms with Crippen LogP contribution in [0.3, 0.4) is 0 Å². The minimum absolute atomic E-state index is 0.289. The van der Waals surface area contributed by atoms with Gasteiger partial charge in [-0.15, -0.1) is 0 Å². The fourth-order valence-corrected chi connectivity index (χ4v) is 3.55. The highest BCUT2D eigenvalue weighted by molar-refractivity contribution is 5.69. The van der Waals surface area contributed by atoms with Crippen molar-refractivity contribution >= 4 is 23.9 Å². The van der Waals surface area contributed by atoms with Crippen LogP contribution in [0.15, 0.2) is 18.2 Å². The molecular weight excluding hydrogens is 424 g/mol. The Hall–Kier alpha value is -3.14. The summed E-state index contributed by atoms with van der Waals surface area (Å²) in [6.45, 7) is 6.33. The van der Waals surface area contributed by atoms with Gasteiger partial charge in [0.05, 0.1) is 7.11 Å². The van der Waals surface area contributed by atoms with Crippen LogP contribution in [0.5, 0.6) is 5.75 Å². The molecule has 2 rings (SSSR count). The monoisotopic (exact) mass is 452 g/mol. The van der Waals surface area contributed by atoms with Crippen molar-refractivity contribution in [3.05, 3.63) is 29.3 Å². The zero-order chi connectivity index (χ0) is 24.0. The molecule has 1 saturated heterocycles. The van der Waals surface area contributed by atoms with E-state index in [-0.39, 0.29) is 6.61 Å². The molecule has 0 aromatic heterocycles. The summed E-state index contributed by atoms with van der Waals surface area (Å²) in [5, 5.41) is 0. The number of rotatable bonds is 7. The molecule has 10 nitrogen and oxygen atoms in total. The first kappa shape index (κ1) is 25.1. The molecule has 0 radical (unpaired) electrons. The largest absolute Gasteiger partial charge is 0.496 e. The first-order valence-corrected chi connectivity index (χ1v) is 9.98. The van der Waals surface area contributed by atoms with Gasteiger partial charge in [-0.2, -0.15) is 0 Å². The fraction of sp³-hybridized carbons (Fsp3) is 0.545. The van der Waals surface area contributed by atoms with Gasteiger partial charge in [0.1, 0.15) is 24.6 Å². The van der Waals surface area contributed by atoms with Gasteiger partial charge >= 0.3 is 23.9 Å². The zero-order valence-electron chi connectivity index (χ0n) is 18.9. The van der Waals surface area contributed by atoms with Gasteiger partial charge in [0.2, 0.25) is 0 Å². The van der Waals surface area contributed by atoms with E-state index in [2.05, 4.69) is 0 Å². The average Bonchev–Trinajstić information content (AvgIpc) is 2.68. The molecule has 0 unspecified atom stereocenters. The van der Waals surface area contributed by atoms with Crippen LogP contribution < -0.4 is 4.74 Å². The van der Waals surface area contributed by atoms with Crippen LogP contribution in [-0.2, 0) is 42.9 Å². The van der Waals surface area contributed by atoms with Crippen molar-refractivity contribution in [1.82, 2.24) is 0 Å². The average molecular weight is 452 g/mol. The number of esters is 4. The Kier molecular flexibility index (Phi) is 8.59. The van der Waals surface area contributed by atoms with Gasteiger partial charge in [-0.05, 0) is 19.1 Å². The van der Waals surface area contributed by atoms with E-state index in [1.165, 1.54) is 34.8 Å². The molecule has 0 saturated carbocycles. The molecule has 1 aromatic rings. The number of hydrogen-bond donors (Lipinski definition) is 0. The molecule has 1 aliphatic rings. The van der Waals surface area contributed by atoms with E-state index >= 15 is 0 Å². The van der Waals surface area contributed by atoms with Crippen molar-refractivity contribution in [2.24, 2.45) is 0 Å². The molecule has 1 heterocycles. The summed E-state index contributed by atoms with van der Waals surface area (Å²) < 4.78 is 33.0. The minimum Gasteiger partial charge on any atom is -0.496 e. The van der Waals surface area contributed by atoms with Crippen LogP contribution in [0.1, 0.15) is 44.9 Å². The standard InChI is InChI=1S/C22H28O10/c1-11-7-8-17(27-6)16(9-11)19-21(30-14(4)25)22(31-15(5)26)20(29-13(3)24)18(32-19)10-28-12(2)23/h7-9,18-22H,10H2,1-6H3/t18-,19+,20+,21+,22+/m1/s1. The number of carbonyl (C=O) groups is 4. The Bertz CT molecular complexity index is 864. The summed E-state index contributed by atoms with van der Waals surface area (Å²) >= 11 is 0. The van der Waals surface area contributed by atoms with Crippen molar-refractivity contribution in [3.8, 4) is 5.75 Å². The Balaban J connectivity index is 2.62. The van der Waals surface area contributed by atoms with E-state index in [0.29, 0.717) is 11.3 Å². The quantitative estimate of drug-likeness (QED) is 0.447. The van der Waals surface area contributed by atoms with Crippen molar-refractivity contribution in [2.45, 2.75) is 65.1 Å². The van der Waals surface area contributed by atoms with Crippen LogP contribution in [0.25, 0.3) is 0 Å². The molecule has 1 aromatic carbocycles. The molecule has 1 fully saturated rings. The van der Waals surface area contributed by atoms with Crippen molar-refractivity contribution in [3.63, 3.8) is 0 Å². The number of ether oxygens (including phenoxy) is 6. The van der Waals surface area contributed by atoms with Gasteiger partial charge in [0, 0.05) is 33.3 Å². The second-order valence-corrected chi connectivity index (χ2v) is 7.37. The Morgan fingerprint density at radius 3 is 1.94 bits per heavy atom. The van der Waals surface area contributed by atoms with Crippen LogP contribution in [0.2, 0.25) is 0 Å². The summed E-state index contributed by atoms with van der Waals surface area (Å²) in [7, 11) is 1.47. The highest BCUT2D eigenvalue weighted by Gasteiger charge is 2.53. The Labute approximate surface area is 186 Å². The number of benzene rings is 1. The van der Waals surface area contributed by atoms with Gasteiger partial charge < -0.3 is 28.4 Å². The van der Waals surface area contributed by atoms with Gasteiger partial charge in [-0.25, -0.2) is 0 Å². The van der Waals surface area contributed by atoms with Gasteiger partial charge in [-0.1, -0.05) is 11.6 Å². The van der Waals surface area contributed by atoms with Gasteiger partial charge in [0.15, 0.2) is 18.3 Å². The third kappa shape index (κ3) is 6.43. The number of aryl methyl sites for hydroxylation is 1. The highest BCUT2D eigenvalue weighted by atomic mass is 16.7. The van der Waals surface area contributed by atoms with Crippen LogP contribution in [0.4, 0.5) is 0 Å². The summed E-state index contributed by atoms with van der Waals surface area (Å²) in [5.74, 6) is -2.17.